The fraction of sp³-hybridized carbons (Fsp3) is 0.147. The number of aryl methyl sites for hydroxylation is 1. The molecule has 9 heteroatoms. The van der Waals surface area contributed by atoms with Gasteiger partial charge in [0.15, 0.2) is 0 Å². The molecule has 218 valence electrons. The Balaban J connectivity index is 1.65. The molecule has 0 spiro atoms. The van der Waals surface area contributed by atoms with Gasteiger partial charge < -0.3 is 24.3 Å². The zero-order valence-electron chi connectivity index (χ0n) is 24.5. The lowest BCUT2D eigenvalue weighted by Gasteiger charge is -2.12. The monoisotopic (exact) mass is 577 g/mol. The number of carbonyl (C=O) groups is 2. The van der Waals surface area contributed by atoms with Crippen LogP contribution in [-0.2, 0) is 4.79 Å². The molecule has 9 nitrogen and oxygen atoms in total. The van der Waals surface area contributed by atoms with Gasteiger partial charge in [-0.3, -0.25) is 9.59 Å². The highest BCUT2D eigenvalue weighted by atomic mass is 16.5. The van der Waals surface area contributed by atoms with Crippen LogP contribution in [0.3, 0.4) is 0 Å². The number of carbonyl (C=O) groups excluding carboxylic acids is 2. The highest BCUT2D eigenvalue weighted by Gasteiger charge is 2.27. The third-order valence-electron chi connectivity index (χ3n) is 6.85. The lowest BCUT2D eigenvalue weighted by molar-refractivity contribution is -0.132. The van der Waals surface area contributed by atoms with E-state index in [9.17, 15) is 9.59 Å². The Bertz CT molecular complexity index is 1790. The second kappa shape index (κ2) is 12.5. The van der Waals surface area contributed by atoms with E-state index in [-0.39, 0.29) is 11.8 Å². The number of rotatable bonds is 9. The van der Waals surface area contributed by atoms with Gasteiger partial charge in [-0.1, -0.05) is 36.4 Å². The van der Waals surface area contributed by atoms with Gasteiger partial charge >= 0.3 is 5.97 Å². The van der Waals surface area contributed by atoms with Crippen molar-refractivity contribution in [1.29, 1.82) is 0 Å². The SMILES string of the molecule is COc1cccc(C(=O)Nc2ccc(-c3c(-c4ccc(OC)cc4OC)nn(-c4ccccc4C)c3OC(C)=O)cc2)c1. The van der Waals surface area contributed by atoms with Crippen LogP contribution >= 0.6 is 0 Å². The van der Waals surface area contributed by atoms with Gasteiger partial charge in [0.1, 0.15) is 22.9 Å². The lowest BCUT2D eigenvalue weighted by atomic mass is 10.00. The summed E-state index contributed by atoms with van der Waals surface area (Å²) < 4.78 is 23.8. The van der Waals surface area contributed by atoms with Crippen LogP contribution in [0.4, 0.5) is 5.69 Å². The second-order valence-corrected chi connectivity index (χ2v) is 9.65. The fourth-order valence-corrected chi connectivity index (χ4v) is 4.73. The zero-order chi connectivity index (χ0) is 30.5. The van der Waals surface area contributed by atoms with Crippen molar-refractivity contribution in [2.45, 2.75) is 13.8 Å². The van der Waals surface area contributed by atoms with Crippen molar-refractivity contribution in [3.8, 4) is 51.2 Å². The van der Waals surface area contributed by atoms with E-state index in [0.29, 0.717) is 50.9 Å². The van der Waals surface area contributed by atoms with Crippen molar-refractivity contribution >= 4 is 17.6 Å². The molecule has 43 heavy (non-hydrogen) atoms. The summed E-state index contributed by atoms with van der Waals surface area (Å²) in [5.74, 6) is 1.23. The molecular formula is C34H31N3O6. The Morgan fingerprint density at radius 1 is 0.791 bits per heavy atom. The number of esters is 1. The van der Waals surface area contributed by atoms with E-state index in [1.165, 1.54) is 6.92 Å². The minimum Gasteiger partial charge on any atom is -0.497 e. The predicted octanol–water partition coefficient (Wildman–Crippen LogP) is 6.72. The van der Waals surface area contributed by atoms with Crippen LogP contribution in [-0.4, -0.2) is 43.0 Å². The van der Waals surface area contributed by atoms with Crippen LogP contribution < -0.4 is 24.3 Å². The average Bonchev–Trinajstić information content (AvgIpc) is 3.38. The van der Waals surface area contributed by atoms with Gasteiger partial charge in [-0.2, -0.15) is 9.78 Å². The fourth-order valence-electron chi connectivity index (χ4n) is 4.73. The normalized spacial score (nSPS) is 10.6. The molecule has 0 aliphatic heterocycles. The molecule has 5 rings (SSSR count). The quantitative estimate of drug-likeness (QED) is 0.194. The van der Waals surface area contributed by atoms with E-state index < -0.39 is 5.97 Å². The summed E-state index contributed by atoms with van der Waals surface area (Å²) in [6, 6.07) is 27.3. The molecule has 0 atom stereocenters. The number of para-hydroxylation sites is 1. The van der Waals surface area contributed by atoms with Crippen LogP contribution in [0.2, 0.25) is 0 Å². The molecule has 1 amide bonds. The number of benzene rings is 4. The molecule has 0 saturated heterocycles. The van der Waals surface area contributed by atoms with Gasteiger partial charge in [0.05, 0.1) is 32.6 Å². The average molecular weight is 578 g/mol. The summed E-state index contributed by atoms with van der Waals surface area (Å²) in [4.78, 5) is 25.3. The van der Waals surface area contributed by atoms with E-state index in [1.807, 2.05) is 55.5 Å². The molecule has 1 N–H and O–H groups in total. The molecule has 5 aromatic rings. The van der Waals surface area contributed by atoms with E-state index in [4.69, 9.17) is 24.0 Å². The van der Waals surface area contributed by atoms with Crippen molar-refractivity contribution < 1.29 is 28.5 Å². The maximum atomic E-state index is 12.9. The zero-order valence-corrected chi connectivity index (χ0v) is 24.5. The Labute approximate surface area is 249 Å². The summed E-state index contributed by atoms with van der Waals surface area (Å²) >= 11 is 0. The van der Waals surface area contributed by atoms with Crippen molar-refractivity contribution in [2.24, 2.45) is 0 Å². The first-order valence-corrected chi connectivity index (χ1v) is 13.5. The molecule has 0 saturated carbocycles. The van der Waals surface area contributed by atoms with Crippen molar-refractivity contribution in [1.82, 2.24) is 9.78 Å². The molecule has 0 aliphatic rings. The van der Waals surface area contributed by atoms with Crippen LogP contribution in [0.25, 0.3) is 28.1 Å². The molecule has 0 radical (unpaired) electrons. The number of anilines is 1. The first-order chi connectivity index (χ1) is 20.8. The first-order valence-electron chi connectivity index (χ1n) is 13.5. The number of hydrogen-bond donors (Lipinski definition) is 1. The van der Waals surface area contributed by atoms with Crippen LogP contribution in [0.15, 0.2) is 91.0 Å². The highest BCUT2D eigenvalue weighted by Crippen LogP contribution is 2.44. The maximum Gasteiger partial charge on any atom is 0.309 e. The van der Waals surface area contributed by atoms with E-state index in [2.05, 4.69) is 5.32 Å². The minimum atomic E-state index is -0.494. The van der Waals surface area contributed by atoms with E-state index >= 15 is 0 Å². The highest BCUT2D eigenvalue weighted by molar-refractivity contribution is 6.04. The van der Waals surface area contributed by atoms with E-state index in [0.717, 1.165) is 11.3 Å². The van der Waals surface area contributed by atoms with Gasteiger partial charge in [0, 0.05) is 29.8 Å². The van der Waals surface area contributed by atoms with Gasteiger partial charge in [0.2, 0.25) is 5.88 Å². The Hall–Kier alpha value is -5.57. The van der Waals surface area contributed by atoms with Crippen molar-refractivity contribution in [3.63, 3.8) is 0 Å². The smallest absolute Gasteiger partial charge is 0.309 e. The number of methoxy groups -OCH3 is 3. The molecule has 0 bridgehead atoms. The number of aromatic nitrogens is 2. The summed E-state index contributed by atoms with van der Waals surface area (Å²) in [6.07, 6.45) is 0. The van der Waals surface area contributed by atoms with Crippen molar-refractivity contribution in [3.05, 3.63) is 102 Å². The van der Waals surface area contributed by atoms with Crippen molar-refractivity contribution in [2.75, 3.05) is 26.6 Å². The molecule has 0 aliphatic carbocycles. The van der Waals surface area contributed by atoms with Crippen LogP contribution in [0.5, 0.6) is 23.1 Å². The Morgan fingerprint density at radius 3 is 2.19 bits per heavy atom. The third kappa shape index (κ3) is 6.06. The third-order valence-corrected chi connectivity index (χ3v) is 6.85. The number of ether oxygens (including phenoxy) is 4. The number of nitrogens with zero attached hydrogens (tertiary/aromatic N) is 2. The number of amides is 1. The van der Waals surface area contributed by atoms with Gasteiger partial charge in [-0.05, 0) is 66.6 Å². The summed E-state index contributed by atoms with van der Waals surface area (Å²) in [7, 11) is 4.71. The van der Waals surface area contributed by atoms with Crippen LogP contribution in [0, 0.1) is 6.92 Å². The molecule has 1 aromatic heterocycles. The molecule has 4 aromatic carbocycles. The second-order valence-electron chi connectivity index (χ2n) is 9.65. The van der Waals surface area contributed by atoms with Gasteiger partial charge in [0.25, 0.3) is 5.91 Å². The lowest BCUT2D eigenvalue weighted by Crippen LogP contribution is -2.11. The Morgan fingerprint density at radius 2 is 1.51 bits per heavy atom. The van der Waals surface area contributed by atoms with Gasteiger partial charge in [-0.25, -0.2) is 0 Å². The number of nitrogens with one attached hydrogen (secondary N) is 1. The molecule has 1 heterocycles. The summed E-state index contributed by atoms with van der Waals surface area (Å²) in [5, 5.41) is 7.89. The molecular weight excluding hydrogens is 546 g/mol. The van der Waals surface area contributed by atoms with Gasteiger partial charge in [-0.15, -0.1) is 0 Å². The van der Waals surface area contributed by atoms with E-state index in [1.54, 1.807) is 68.5 Å². The summed E-state index contributed by atoms with van der Waals surface area (Å²) in [5.41, 5.74) is 5.24. The van der Waals surface area contributed by atoms with Crippen LogP contribution in [0.1, 0.15) is 22.8 Å². The maximum absolute atomic E-state index is 12.9. The Kier molecular flexibility index (Phi) is 8.43. The predicted molar refractivity (Wildman–Crippen MR) is 165 cm³/mol. The summed E-state index contributed by atoms with van der Waals surface area (Å²) in [6.45, 7) is 3.31. The largest absolute Gasteiger partial charge is 0.497 e. The molecule has 0 unspecified atom stereocenters. The first kappa shape index (κ1) is 28.9. The number of hydrogen-bond acceptors (Lipinski definition) is 7. The molecule has 0 fully saturated rings. The standard InChI is InChI=1S/C34H31N3O6/c1-21-9-6-7-12-29(21)37-34(43-22(2)38)31(32(36-37)28-18-17-27(41-4)20-30(28)42-5)23-13-15-25(16-14-23)35-33(39)24-10-8-11-26(19-24)40-3/h6-20H,1-5H3,(H,35,39). The topological polar surface area (TPSA) is 101 Å². The minimum absolute atomic E-state index is 0.253.